The van der Waals surface area contributed by atoms with Gasteiger partial charge in [0.05, 0.1) is 23.4 Å². The first kappa shape index (κ1) is 9.61. The molecule has 0 saturated heterocycles. The van der Waals surface area contributed by atoms with Crippen LogP contribution < -0.4 is 5.32 Å². The van der Waals surface area contributed by atoms with E-state index in [9.17, 15) is 4.79 Å². The van der Waals surface area contributed by atoms with Crippen LogP contribution >= 0.6 is 11.3 Å². The summed E-state index contributed by atoms with van der Waals surface area (Å²) in [5.74, 6) is -0.123. The molecule has 0 spiro atoms. The minimum atomic E-state index is -0.338. The normalized spacial score (nSPS) is 17.9. The van der Waals surface area contributed by atoms with E-state index in [1.54, 1.807) is 6.20 Å². The lowest BCUT2D eigenvalue weighted by Gasteiger charge is -2.12. The first-order chi connectivity index (χ1) is 6.65. The lowest BCUT2D eigenvalue weighted by Crippen LogP contribution is -2.39. The van der Waals surface area contributed by atoms with Gasteiger partial charge < -0.3 is 10.4 Å². The lowest BCUT2D eigenvalue weighted by molar-refractivity contribution is 0.0911. The zero-order valence-corrected chi connectivity index (χ0v) is 8.73. The lowest BCUT2D eigenvalue weighted by atomic mass is 10.3. The van der Waals surface area contributed by atoms with E-state index in [0.717, 1.165) is 17.8 Å². The number of carbonyl (C=O) groups excluding carboxylic acids is 1. The number of nitrogens with one attached hydrogen (secondary N) is 1. The van der Waals surface area contributed by atoms with E-state index in [2.05, 4.69) is 10.3 Å². The standard InChI is InChI=1S/C9H12N2O2S/c1-6-10-4-7(14-6)8(13)11-9(5-12)2-3-9/h4,12H,2-3,5H2,1H3,(H,11,13). The predicted octanol–water partition coefficient (Wildman–Crippen LogP) is 0.706. The Balaban J connectivity index is 2.03. The Morgan fingerprint density at radius 2 is 2.50 bits per heavy atom. The quantitative estimate of drug-likeness (QED) is 0.775. The second-order valence-electron chi connectivity index (χ2n) is 3.64. The fourth-order valence-electron chi connectivity index (χ4n) is 1.24. The summed E-state index contributed by atoms with van der Waals surface area (Å²) in [6, 6.07) is 0. The number of aliphatic hydroxyl groups is 1. The maximum absolute atomic E-state index is 11.6. The van der Waals surface area contributed by atoms with Gasteiger partial charge >= 0.3 is 0 Å². The molecule has 4 nitrogen and oxygen atoms in total. The summed E-state index contributed by atoms with van der Waals surface area (Å²) in [6.45, 7) is 1.89. The molecule has 0 bridgehead atoms. The first-order valence-corrected chi connectivity index (χ1v) is 5.33. The van der Waals surface area contributed by atoms with Crippen molar-refractivity contribution >= 4 is 17.2 Å². The van der Waals surface area contributed by atoms with Gasteiger partial charge in [-0.25, -0.2) is 4.98 Å². The van der Waals surface area contributed by atoms with E-state index >= 15 is 0 Å². The smallest absolute Gasteiger partial charge is 0.263 e. The number of nitrogens with zero attached hydrogens (tertiary/aromatic N) is 1. The number of rotatable bonds is 3. The number of amides is 1. The molecule has 1 aliphatic carbocycles. The third-order valence-corrected chi connectivity index (χ3v) is 3.29. The third kappa shape index (κ3) is 1.78. The van der Waals surface area contributed by atoms with Gasteiger partial charge in [-0.15, -0.1) is 11.3 Å². The molecule has 1 saturated carbocycles. The number of hydrogen-bond donors (Lipinski definition) is 2. The Hall–Kier alpha value is -0.940. The summed E-state index contributed by atoms with van der Waals surface area (Å²) >= 11 is 1.37. The van der Waals surface area contributed by atoms with Gasteiger partial charge in [-0.1, -0.05) is 0 Å². The van der Waals surface area contributed by atoms with Crippen molar-refractivity contribution < 1.29 is 9.90 Å². The van der Waals surface area contributed by atoms with Crippen LogP contribution in [0.1, 0.15) is 27.5 Å². The van der Waals surface area contributed by atoms with E-state index in [0.29, 0.717) is 4.88 Å². The van der Waals surface area contributed by atoms with E-state index in [1.807, 2.05) is 6.92 Å². The van der Waals surface area contributed by atoms with Gasteiger partial charge in [-0.2, -0.15) is 0 Å². The molecule has 1 fully saturated rings. The highest BCUT2D eigenvalue weighted by atomic mass is 32.1. The van der Waals surface area contributed by atoms with Crippen LogP contribution in [0, 0.1) is 6.92 Å². The Morgan fingerprint density at radius 3 is 2.93 bits per heavy atom. The highest BCUT2D eigenvalue weighted by Gasteiger charge is 2.43. The Bertz CT molecular complexity index is 357. The van der Waals surface area contributed by atoms with Crippen molar-refractivity contribution in [2.45, 2.75) is 25.3 Å². The van der Waals surface area contributed by atoms with Crippen molar-refractivity contribution in [3.05, 3.63) is 16.1 Å². The minimum Gasteiger partial charge on any atom is -0.394 e. The van der Waals surface area contributed by atoms with Crippen LogP contribution in [0.2, 0.25) is 0 Å². The maximum Gasteiger partial charge on any atom is 0.263 e. The second kappa shape index (κ2) is 3.33. The molecule has 1 heterocycles. The highest BCUT2D eigenvalue weighted by Crippen LogP contribution is 2.35. The molecule has 1 amide bonds. The molecule has 0 aliphatic heterocycles. The molecule has 0 radical (unpaired) electrons. The van der Waals surface area contributed by atoms with Crippen molar-refractivity contribution in [3.8, 4) is 0 Å². The monoisotopic (exact) mass is 212 g/mol. The Kier molecular flexibility index (Phi) is 2.28. The van der Waals surface area contributed by atoms with Gasteiger partial charge in [0.25, 0.3) is 5.91 Å². The topological polar surface area (TPSA) is 62.2 Å². The number of hydrogen-bond acceptors (Lipinski definition) is 4. The molecule has 14 heavy (non-hydrogen) atoms. The number of thiazole rings is 1. The second-order valence-corrected chi connectivity index (χ2v) is 4.87. The van der Waals surface area contributed by atoms with Crippen molar-refractivity contribution in [2.75, 3.05) is 6.61 Å². The van der Waals surface area contributed by atoms with Gasteiger partial charge in [0.15, 0.2) is 0 Å². The summed E-state index contributed by atoms with van der Waals surface area (Å²) in [6.07, 6.45) is 3.31. The average Bonchev–Trinajstić information content (AvgIpc) is 2.80. The van der Waals surface area contributed by atoms with Crippen LogP contribution in [0.15, 0.2) is 6.20 Å². The zero-order chi connectivity index (χ0) is 10.2. The number of aliphatic hydroxyl groups excluding tert-OH is 1. The summed E-state index contributed by atoms with van der Waals surface area (Å²) in [4.78, 5) is 16.2. The molecule has 2 N–H and O–H groups in total. The highest BCUT2D eigenvalue weighted by molar-refractivity contribution is 7.13. The van der Waals surface area contributed by atoms with E-state index in [-0.39, 0.29) is 18.1 Å². The maximum atomic E-state index is 11.6. The van der Waals surface area contributed by atoms with Gasteiger partial charge in [0, 0.05) is 0 Å². The summed E-state index contributed by atoms with van der Waals surface area (Å²) in [5.41, 5.74) is -0.338. The predicted molar refractivity (Wildman–Crippen MR) is 53.4 cm³/mol. The summed E-state index contributed by atoms with van der Waals surface area (Å²) in [7, 11) is 0. The average molecular weight is 212 g/mol. The fourth-order valence-corrected chi connectivity index (χ4v) is 1.92. The third-order valence-electron chi connectivity index (χ3n) is 2.38. The molecule has 1 aliphatic rings. The van der Waals surface area contributed by atoms with Crippen LogP contribution in [0.25, 0.3) is 0 Å². The number of aromatic nitrogens is 1. The molecule has 1 aromatic rings. The van der Waals surface area contributed by atoms with E-state index in [4.69, 9.17) is 5.11 Å². The summed E-state index contributed by atoms with van der Waals surface area (Å²) in [5, 5.41) is 12.7. The molecule has 76 valence electrons. The minimum absolute atomic E-state index is 0.0243. The number of carbonyl (C=O) groups is 1. The van der Waals surface area contributed by atoms with Gasteiger partial charge in [-0.05, 0) is 19.8 Å². The van der Waals surface area contributed by atoms with Crippen LogP contribution in [-0.4, -0.2) is 28.1 Å². The zero-order valence-electron chi connectivity index (χ0n) is 7.91. The Morgan fingerprint density at radius 1 is 1.79 bits per heavy atom. The van der Waals surface area contributed by atoms with Crippen molar-refractivity contribution in [2.24, 2.45) is 0 Å². The van der Waals surface area contributed by atoms with Crippen molar-refractivity contribution in [1.29, 1.82) is 0 Å². The van der Waals surface area contributed by atoms with E-state index < -0.39 is 0 Å². The van der Waals surface area contributed by atoms with Crippen LogP contribution in [0.3, 0.4) is 0 Å². The van der Waals surface area contributed by atoms with Gasteiger partial charge in [0.2, 0.25) is 0 Å². The molecule has 0 atom stereocenters. The number of aryl methyl sites for hydroxylation is 1. The van der Waals surface area contributed by atoms with Crippen LogP contribution in [0.5, 0.6) is 0 Å². The first-order valence-electron chi connectivity index (χ1n) is 4.51. The Labute approximate surface area is 86.0 Å². The van der Waals surface area contributed by atoms with Crippen molar-refractivity contribution in [3.63, 3.8) is 0 Å². The molecule has 5 heteroatoms. The fraction of sp³-hybridized carbons (Fsp3) is 0.556. The van der Waals surface area contributed by atoms with Crippen LogP contribution in [-0.2, 0) is 0 Å². The van der Waals surface area contributed by atoms with E-state index in [1.165, 1.54) is 11.3 Å². The largest absolute Gasteiger partial charge is 0.394 e. The molecule has 1 aromatic heterocycles. The summed E-state index contributed by atoms with van der Waals surface area (Å²) < 4.78 is 0. The molecular weight excluding hydrogens is 200 g/mol. The van der Waals surface area contributed by atoms with Gasteiger partial charge in [-0.3, -0.25) is 4.79 Å². The molecule has 0 aromatic carbocycles. The molecule has 0 unspecified atom stereocenters. The van der Waals surface area contributed by atoms with Gasteiger partial charge in [0.1, 0.15) is 4.88 Å². The molecule has 2 rings (SSSR count). The van der Waals surface area contributed by atoms with Crippen LogP contribution in [0.4, 0.5) is 0 Å². The SMILES string of the molecule is Cc1ncc(C(=O)NC2(CO)CC2)s1. The van der Waals surface area contributed by atoms with Crippen molar-refractivity contribution in [1.82, 2.24) is 10.3 Å². The molecular formula is C9H12N2O2S.